The molecule has 64 valence electrons. The molecule has 0 heterocycles. The fraction of sp³-hybridized carbons (Fsp3) is 0.875. The molecule has 1 saturated carbocycles. The van der Waals surface area contributed by atoms with E-state index in [0.29, 0.717) is 12.5 Å². The SMILES string of the molecule is CCC(NC1CCC1)C(=O)[O-].[Na+]. The van der Waals surface area contributed by atoms with Gasteiger partial charge in [-0.1, -0.05) is 13.3 Å². The fourth-order valence-corrected chi connectivity index (χ4v) is 1.21. The topological polar surface area (TPSA) is 52.2 Å². The molecular formula is C8H14NNaO2. The monoisotopic (exact) mass is 179 g/mol. The summed E-state index contributed by atoms with van der Waals surface area (Å²) in [5.74, 6) is -0.973. The second kappa shape index (κ2) is 5.97. The molecule has 0 aliphatic heterocycles. The first kappa shape index (κ1) is 12.4. The Bertz CT molecular complexity index is 148. The third-order valence-corrected chi connectivity index (χ3v) is 2.23. The van der Waals surface area contributed by atoms with Gasteiger partial charge in [-0.25, -0.2) is 0 Å². The molecule has 1 N–H and O–H groups in total. The van der Waals surface area contributed by atoms with Crippen LogP contribution >= 0.6 is 0 Å². The van der Waals surface area contributed by atoms with Gasteiger partial charge in [0, 0.05) is 12.1 Å². The molecule has 1 aliphatic rings. The van der Waals surface area contributed by atoms with Gasteiger partial charge in [-0.3, -0.25) is 0 Å². The van der Waals surface area contributed by atoms with E-state index in [-0.39, 0.29) is 29.6 Å². The third kappa shape index (κ3) is 3.44. The Hall–Kier alpha value is 0.430. The van der Waals surface area contributed by atoms with Crippen LogP contribution in [0.3, 0.4) is 0 Å². The van der Waals surface area contributed by atoms with E-state index in [1.165, 1.54) is 6.42 Å². The molecule has 12 heavy (non-hydrogen) atoms. The maximum absolute atomic E-state index is 10.4. The number of carbonyl (C=O) groups excluding carboxylic acids is 1. The zero-order valence-corrected chi connectivity index (χ0v) is 9.80. The van der Waals surface area contributed by atoms with Crippen LogP contribution in [0.5, 0.6) is 0 Å². The molecule has 1 aliphatic carbocycles. The molecule has 0 aromatic heterocycles. The molecule has 0 aromatic carbocycles. The quantitative estimate of drug-likeness (QED) is 0.459. The first-order valence-corrected chi connectivity index (χ1v) is 4.21. The molecular weight excluding hydrogens is 165 g/mol. The van der Waals surface area contributed by atoms with E-state index in [1.807, 2.05) is 6.92 Å². The number of nitrogens with one attached hydrogen (secondary N) is 1. The van der Waals surface area contributed by atoms with Gasteiger partial charge < -0.3 is 15.2 Å². The number of carboxylic acid groups (broad SMARTS) is 1. The summed E-state index contributed by atoms with van der Waals surface area (Å²) in [6, 6.07) is -0.0156. The smallest absolute Gasteiger partial charge is 0.548 e. The van der Waals surface area contributed by atoms with E-state index in [4.69, 9.17) is 0 Å². The van der Waals surface area contributed by atoms with Gasteiger partial charge in [-0.05, 0) is 19.3 Å². The van der Waals surface area contributed by atoms with Crippen LogP contribution in [-0.2, 0) is 4.79 Å². The standard InChI is InChI=1S/C8H15NO2.Na/c1-2-7(8(10)11)9-6-4-3-5-6;/h6-7,9H,2-5H2,1H3,(H,10,11);/q;+1/p-1. The molecule has 1 unspecified atom stereocenters. The Morgan fingerprint density at radius 2 is 2.25 bits per heavy atom. The number of carbonyl (C=O) groups is 1. The van der Waals surface area contributed by atoms with E-state index in [1.54, 1.807) is 0 Å². The van der Waals surface area contributed by atoms with Crippen LogP contribution in [-0.4, -0.2) is 18.1 Å². The first-order chi connectivity index (χ1) is 5.24. The molecule has 3 nitrogen and oxygen atoms in total. The van der Waals surface area contributed by atoms with Crippen molar-refractivity contribution < 1.29 is 39.5 Å². The summed E-state index contributed by atoms with van der Waals surface area (Å²) in [6.45, 7) is 1.85. The minimum atomic E-state index is -0.973. The van der Waals surface area contributed by atoms with Gasteiger partial charge in [0.05, 0.1) is 5.97 Å². The van der Waals surface area contributed by atoms with Crippen molar-refractivity contribution in [1.82, 2.24) is 5.32 Å². The van der Waals surface area contributed by atoms with Gasteiger partial charge in [0.15, 0.2) is 0 Å². The fourth-order valence-electron chi connectivity index (χ4n) is 1.21. The number of carboxylic acids is 1. The Labute approximate surface area is 95.2 Å². The van der Waals surface area contributed by atoms with Crippen LogP contribution < -0.4 is 40.0 Å². The van der Waals surface area contributed by atoms with E-state index in [2.05, 4.69) is 5.32 Å². The van der Waals surface area contributed by atoms with E-state index in [9.17, 15) is 9.90 Å². The number of rotatable bonds is 4. The summed E-state index contributed by atoms with van der Waals surface area (Å²) in [5.41, 5.74) is 0. The van der Waals surface area contributed by atoms with Crippen LogP contribution in [0.2, 0.25) is 0 Å². The molecule has 0 bridgehead atoms. The predicted octanol–water partition coefficient (Wildman–Crippen LogP) is -3.34. The van der Waals surface area contributed by atoms with Crippen LogP contribution in [0.1, 0.15) is 32.6 Å². The zero-order valence-electron chi connectivity index (χ0n) is 7.80. The Kier molecular flexibility index (Phi) is 6.19. The van der Waals surface area contributed by atoms with Gasteiger partial charge in [-0.15, -0.1) is 0 Å². The molecule has 1 rings (SSSR count). The van der Waals surface area contributed by atoms with Crippen LogP contribution in [0.25, 0.3) is 0 Å². The van der Waals surface area contributed by atoms with Gasteiger partial charge in [0.2, 0.25) is 0 Å². The number of hydrogen-bond acceptors (Lipinski definition) is 3. The molecule has 1 atom stereocenters. The summed E-state index contributed by atoms with van der Waals surface area (Å²) >= 11 is 0. The second-order valence-electron chi connectivity index (χ2n) is 3.07. The number of aliphatic carboxylic acids is 1. The van der Waals surface area contributed by atoms with Gasteiger partial charge >= 0.3 is 29.6 Å². The molecule has 0 saturated heterocycles. The molecule has 0 spiro atoms. The molecule has 1 fully saturated rings. The molecule has 0 amide bonds. The van der Waals surface area contributed by atoms with Gasteiger partial charge in [0.25, 0.3) is 0 Å². The van der Waals surface area contributed by atoms with Crippen molar-refractivity contribution in [3.63, 3.8) is 0 Å². The summed E-state index contributed by atoms with van der Waals surface area (Å²) in [7, 11) is 0. The second-order valence-corrected chi connectivity index (χ2v) is 3.07. The van der Waals surface area contributed by atoms with Crippen molar-refractivity contribution in [2.45, 2.75) is 44.7 Å². The van der Waals surface area contributed by atoms with E-state index >= 15 is 0 Å². The van der Waals surface area contributed by atoms with Crippen molar-refractivity contribution in [2.24, 2.45) is 0 Å². The van der Waals surface area contributed by atoms with Crippen LogP contribution in [0.4, 0.5) is 0 Å². The predicted molar refractivity (Wildman–Crippen MR) is 39.9 cm³/mol. The molecule has 0 aromatic rings. The van der Waals surface area contributed by atoms with Crippen LogP contribution in [0.15, 0.2) is 0 Å². The summed E-state index contributed by atoms with van der Waals surface area (Å²) in [5, 5.41) is 13.5. The Balaban J connectivity index is 0.00000121. The molecule has 4 heteroatoms. The average molecular weight is 179 g/mol. The van der Waals surface area contributed by atoms with Crippen LogP contribution in [0, 0.1) is 0 Å². The van der Waals surface area contributed by atoms with Crippen molar-refractivity contribution in [3.8, 4) is 0 Å². The maximum Gasteiger partial charge on any atom is 1.00 e. The minimum absolute atomic E-state index is 0. The summed E-state index contributed by atoms with van der Waals surface area (Å²) in [6.07, 6.45) is 4.06. The van der Waals surface area contributed by atoms with Gasteiger partial charge in [-0.2, -0.15) is 0 Å². The Morgan fingerprint density at radius 3 is 2.50 bits per heavy atom. The summed E-state index contributed by atoms with van der Waals surface area (Å²) < 4.78 is 0. The largest absolute Gasteiger partial charge is 1.00 e. The van der Waals surface area contributed by atoms with E-state index < -0.39 is 12.0 Å². The van der Waals surface area contributed by atoms with Crippen molar-refractivity contribution >= 4 is 5.97 Å². The van der Waals surface area contributed by atoms with Crippen molar-refractivity contribution in [3.05, 3.63) is 0 Å². The number of hydrogen-bond donors (Lipinski definition) is 1. The third-order valence-electron chi connectivity index (χ3n) is 2.23. The normalized spacial score (nSPS) is 19.1. The van der Waals surface area contributed by atoms with Crippen molar-refractivity contribution in [2.75, 3.05) is 0 Å². The first-order valence-electron chi connectivity index (χ1n) is 4.21. The summed E-state index contributed by atoms with van der Waals surface area (Å²) in [4.78, 5) is 10.4. The van der Waals surface area contributed by atoms with E-state index in [0.717, 1.165) is 12.8 Å². The average Bonchev–Trinajstić information content (AvgIpc) is 1.85. The maximum atomic E-state index is 10.4. The van der Waals surface area contributed by atoms with Crippen molar-refractivity contribution in [1.29, 1.82) is 0 Å². The minimum Gasteiger partial charge on any atom is -0.548 e. The Morgan fingerprint density at radius 1 is 1.67 bits per heavy atom. The molecule has 0 radical (unpaired) electrons. The zero-order chi connectivity index (χ0) is 8.27. The van der Waals surface area contributed by atoms with Gasteiger partial charge in [0.1, 0.15) is 0 Å².